The van der Waals surface area contributed by atoms with Crippen LogP contribution in [0.15, 0.2) is 42.5 Å². The highest BCUT2D eigenvalue weighted by Crippen LogP contribution is 2.38. The van der Waals surface area contributed by atoms with E-state index < -0.39 is 9.04 Å². The topological polar surface area (TPSA) is 42.4 Å². The lowest BCUT2D eigenvalue weighted by Gasteiger charge is -2.27. The Hall–Kier alpha value is -2.33. The minimum atomic E-state index is -0.859. The summed E-state index contributed by atoms with van der Waals surface area (Å²) in [6.07, 6.45) is 1.77. The van der Waals surface area contributed by atoms with Crippen LogP contribution in [0.1, 0.15) is 43.2 Å². The molecule has 3 rings (SSSR count). The van der Waals surface area contributed by atoms with E-state index in [1.807, 2.05) is 18.2 Å². The Kier molecular flexibility index (Phi) is 5.80. The minimum absolute atomic E-state index is 0.00753. The molecule has 4 heteroatoms. The van der Waals surface area contributed by atoms with Gasteiger partial charge in [-0.05, 0) is 79.2 Å². The van der Waals surface area contributed by atoms with Crippen LogP contribution in [0.3, 0.4) is 0 Å². The van der Waals surface area contributed by atoms with E-state index in [4.69, 9.17) is 9.41 Å². The van der Waals surface area contributed by atoms with E-state index in [1.54, 1.807) is 12.1 Å². The highest BCUT2D eigenvalue weighted by atomic mass is 28.3. The summed E-state index contributed by atoms with van der Waals surface area (Å²) < 4.78 is 6.24. The number of aromatic nitrogens is 1. The Morgan fingerprint density at radius 1 is 1.00 bits per heavy atom. The van der Waals surface area contributed by atoms with E-state index in [0.29, 0.717) is 5.75 Å². The Labute approximate surface area is 170 Å². The fourth-order valence-corrected chi connectivity index (χ4v) is 4.45. The molecule has 147 valence electrons. The van der Waals surface area contributed by atoms with Crippen LogP contribution in [0, 0.1) is 6.92 Å². The SMILES string of the molecule is Cc1c(CCc2ccc(O)cc2)nc2cccc(O[Si](C)C)c2c1C(C)(C)C. The van der Waals surface area contributed by atoms with Crippen LogP contribution in [0.5, 0.6) is 11.5 Å². The average Bonchev–Trinajstić information content (AvgIpc) is 2.60. The van der Waals surface area contributed by atoms with Gasteiger partial charge in [0.1, 0.15) is 11.5 Å². The molecule has 0 aliphatic carbocycles. The number of nitrogens with zero attached hydrogens (tertiary/aromatic N) is 1. The summed E-state index contributed by atoms with van der Waals surface area (Å²) in [5, 5.41) is 10.7. The number of pyridine rings is 1. The van der Waals surface area contributed by atoms with Gasteiger partial charge in [-0.3, -0.25) is 4.98 Å². The maximum absolute atomic E-state index is 9.50. The predicted octanol–water partition coefficient (Wildman–Crippen LogP) is 5.96. The van der Waals surface area contributed by atoms with E-state index in [1.165, 1.54) is 16.7 Å². The molecule has 0 saturated carbocycles. The zero-order valence-corrected chi connectivity index (χ0v) is 18.8. The van der Waals surface area contributed by atoms with Crippen molar-refractivity contribution in [3.8, 4) is 11.5 Å². The monoisotopic (exact) mass is 392 g/mol. The molecule has 1 aromatic heterocycles. The smallest absolute Gasteiger partial charge is 0.274 e. The first kappa shape index (κ1) is 20.4. The molecule has 0 unspecified atom stereocenters. The molecule has 3 aromatic rings. The molecule has 0 fully saturated rings. The normalized spacial score (nSPS) is 12.0. The number of hydrogen-bond donors (Lipinski definition) is 1. The molecule has 0 atom stereocenters. The van der Waals surface area contributed by atoms with Crippen molar-refractivity contribution in [2.75, 3.05) is 0 Å². The summed E-state index contributed by atoms with van der Waals surface area (Å²) in [7, 11) is -0.859. The zero-order valence-electron chi connectivity index (χ0n) is 17.8. The highest BCUT2D eigenvalue weighted by molar-refractivity contribution is 6.49. The van der Waals surface area contributed by atoms with E-state index in [-0.39, 0.29) is 5.41 Å². The molecule has 0 aliphatic rings. The molecule has 1 heterocycles. The van der Waals surface area contributed by atoms with Crippen molar-refractivity contribution in [1.82, 2.24) is 4.98 Å². The Balaban J connectivity index is 2.09. The second kappa shape index (κ2) is 7.96. The van der Waals surface area contributed by atoms with Crippen molar-refractivity contribution in [3.05, 3.63) is 64.8 Å². The summed E-state index contributed by atoms with van der Waals surface area (Å²) >= 11 is 0. The number of benzene rings is 2. The lowest BCUT2D eigenvalue weighted by molar-refractivity contribution is 0.475. The Morgan fingerprint density at radius 2 is 1.68 bits per heavy atom. The second-order valence-electron chi connectivity index (χ2n) is 8.64. The van der Waals surface area contributed by atoms with Crippen molar-refractivity contribution in [1.29, 1.82) is 0 Å². The number of aryl methyl sites for hydroxylation is 2. The maximum Gasteiger partial charge on any atom is 0.274 e. The molecule has 0 aliphatic heterocycles. The van der Waals surface area contributed by atoms with Crippen LogP contribution in [0.25, 0.3) is 10.9 Å². The number of phenols is 1. The van der Waals surface area contributed by atoms with E-state index >= 15 is 0 Å². The van der Waals surface area contributed by atoms with Crippen molar-refractivity contribution < 1.29 is 9.53 Å². The van der Waals surface area contributed by atoms with Crippen LogP contribution in [0.2, 0.25) is 13.1 Å². The Bertz CT molecular complexity index is 973. The van der Waals surface area contributed by atoms with Crippen molar-refractivity contribution in [3.63, 3.8) is 0 Å². The van der Waals surface area contributed by atoms with Gasteiger partial charge in [0.15, 0.2) is 0 Å². The molecule has 0 spiro atoms. The largest absolute Gasteiger partial charge is 0.542 e. The number of rotatable bonds is 5. The van der Waals surface area contributed by atoms with Crippen LogP contribution in [-0.4, -0.2) is 19.1 Å². The molecule has 0 saturated heterocycles. The van der Waals surface area contributed by atoms with Gasteiger partial charge >= 0.3 is 0 Å². The van der Waals surface area contributed by atoms with E-state index in [2.05, 4.69) is 52.9 Å². The third-order valence-corrected chi connectivity index (χ3v) is 5.60. The van der Waals surface area contributed by atoms with Crippen LogP contribution >= 0.6 is 0 Å². The molecule has 1 N–H and O–H groups in total. The number of fused-ring (bicyclic) bond motifs is 1. The summed E-state index contributed by atoms with van der Waals surface area (Å²) in [4.78, 5) is 5.03. The molecular weight excluding hydrogens is 362 g/mol. The number of phenolic OH excluding ortho intramolecular Hbond substituents is 1. The second-order valence-corrected chi connectivity index (χ2v) is 10.7. The molecule has 2 aromatic carbocycles. The standard InChI is InChI=1S/C24H30NO2Si/c1-16-19(15-12-17-10-13-18(26)14-11-17)25-20-8-7-9-21(27-28(5)6)22(20)23(16)24(2,3)4/h7-11,13-14,26H,12,15H2,1-6H3. The van der Waals surface area contributed by atoms with Crippen LogP contribution in [0.4, 0.5) is 0 Å². The van der Waals surface area contributed by atoms with Gasteiger partial charge in [-0.1, -0.05) is 39.0 Å². The first-order valence-corrected chi connectivity index (χ1v) is 12.3. The summed E-state index contributed by atoms with van der Waals surface area (Å²) in [5.74, 6) is 1.26. The van der Waals surface area contributed by atoms with Gasteiger partial charge in [0, 0.05) is 11.1 Å². The third kappa shape index (κ3) is 4.38. The zero-order chi connectivity index (χ0) is 20.5. The van der Waals surface area contributed by atoms with Gasteiger partial charge in [0.2, 0.25) is 0 Å². The van der Waals surface area contributed by atoms with Gasteiger partial charge in [-0.2, -0.15) is 0 Å². The van der Waals surface area contributed by atoms with Gasteiger partial charge in [-0.25, -0.2) is 0 Å². The van der Waals surface area contributed by atoms with Crippen LogP contribution < -0.4 is 4.43 Å². The fourth-order valence-electron chi connectivity index (χ4n) is 3.84. The predicted molar refractivity (Wildman–Crippen MR) is 119 cm³/mol. The van der Waals surface area contributed by atoms with E-state index in [0.717, 1.165) is 35.2 Å². The highest BCUT2D eigenvalue weighted by Gasteiger charge is 2.25. The number of hydrogen-bond acceptors (Lipinski definition) is 3. The molecule has 0 bridgehead atoms. The van der Waals surface area contributed by atoms with Crippen molar-refractivity contribution >= 4 is 19.9 Å². The molecule has 0 amide bonds. The summed E-state index contributed by atoms with van der Waals surface area (Å²) in [5.41, 5.74) is 5.94. The van der Waals surface area contributed by atoms with Crippen LogP contribution in [-0.2, 0) is 18.3 Å². The van der Waals surface area contributed by atoms with E-state index in [9.17, 15) is 5.11 Å². The fraction of sp³-hybridized carbons (Fsp3) is 0.375. The first-order valence-electron chi connectivity index (χ1n) is 9.85. The Morgan fingerprint density at radius 3 is 2.29 bits per heavy atom. The third-order valence-electron chi connectivity index (χ3n) is 4.97. The lowest BCUT2D eigenvalue weighted by atomic mass is 9.80. The number of aromatic hydroxyl groups is 1. The minimum Gasteiger partial charge on any atom is -0.542 e. The van der Waals surface area contributed by atoms with Gasteiger partial charge in [-0.15, -0.1) is 0 Å². The average molecular weight is 393 g/mol. The first-order chi connectivity index (χ1) is 13.2. The molecule has 3 nitrogen and oxygen atoms in total. The lowest BCUT2D eigenvalue weighted by Crippen LogP contribution is -2.18. The molecule has 1 radical (unpaired) electrons. The van der Waals surface area contributed by atoms with Gasteiger partial charge < -0.3 is 9.53 Å². The van der Waals surface area contributed by atoms with Gasteiger partial charge in [0.05, 0.1) is 5.52 Å². The summed E-state index contributed by atoms with van der Waals surface area (Å²) in [6.45, 7) is 13.3. The molecule has 28 heavy (non-hydrogen) atoms. The summed E-state index contributed by atoms with van der Waals surface area (Å²) in [6, 6.07) is 13.7. The van der Waals surface area contributed by atoms with Gasteiger partial charge in [0.25, 0.3) is 9.04 Å². The van der Waals surface area contributed by atoms with Crippen molar-refractivity contribution in [2.24, 2.45) is 0 Å². The maximum atomic E-state index is 9.50. The van der Waals surface area contributed by atoms with Crippen molar-refractivity contribution in [2.45, 2.75) is 59.0 Å². The quantitative estimate of drug-likeness (QED) is 0.545. The molecular formula is C24H30NO2Si.